The summed E-state index contributed by atoms with van der Waals surface area (Å²) in [5.74, 6) is 0. The fraction of sp³-hybridized carbons (Fsp3) is 0. The van der Waals surface area contributed by atoms with E-state index < -0.39 is 0 Å². The maximum absolute atomic E-state index is 5.36. The van der Waals surface area contributed by atoms with Crippen LogP contribution >= 0.6 is 0 Å². The number of para-hydroxylation sites is 1. The fourth-order valence-electron chi connectivity index (χ4n) is 10.3. The van der Waals surface area contributed by atoms with Gasteiger partial charge in [0.25, 0.3) is 0 Å². The van der Waals surface area contributed by atoms with Gasteiger partial charge in [-0.25, -0.2) is 9.98 Å². The summed E-state index contributed by atoms with van der Waals surface area (Å²) in [6, 6.07) is 83.4. The molecule has 0 aliphatic carbocycles. The van der Waals surface area contributed by atoms with Gasteiger partial charge in [-0.2, -0.15) is 0 Å². The second-order valence-corrected chi connectivity index (χ2v) is 17.1. The zero-order valence-electron chi connectivity index (χ0n) is 36.8. The van der Waals surface area contributed by atoms with Crippen LogP contribution in [0.2, 0.25) is 0 Å². The van der Waals surface area contributed by atoms with Gasteiger partial charge in [-0.3, -0.25) is 0 Å². The first kappa shape index (κ1) is 39.2. The molecule has 0 saturated carbocycles. The van der Waals surface area contributed by atoms with Crippen LogP contribution in [0.25, 0.3) is 100 Å². The molecule has 0 unspecified atom stereocenters. The summed E-state index contributed by atoms with van der Waals surface area (Å²) < 4.78 is 0. The molecule has 13 rings (SSSR count). The van der Waals surface area contributed by atoms with Crippen molar-refractivity contribution in [2.45, 2.75) is 0 Å². The Morgan fingerprint density at radius 2 is 0.691 bits per heavy atom. The normalized spacial score (nSPS) is 11.8. The van der Waals surface area contributed by atoms with Gasteiger partial charge in [0.1, 0.15) is 11.4 Å². The Morgan fingerprint density at radius 3 is 1.29 bits per heavy atom. The van der Waals surface area contributed by atoms with Crippen molar-refractivity contribution in [2.24, 2.45) is 9.98 Å². The van der Waals surface area contributed by atoms with Crippen molar-refractivity contribution in [3.8, 4) is 100 Å². The molecule has 68 heavy (non-hydrogen) atoms. The lowest BCUT2D eigenvalue weighted by Gasteiger charge is -2.22. The van der Waals surface area contributed by atoms with E-state index in [1.807, 2.05) is 0 Å². The van der Waals surface area contributed by atoms with Gasteiger partial charge >= 0.3 is 0 Å². The highest BCUT2D eigenvalue weighted by atomic mass is 15.3. The second kappa shape index (κ2) is 16.4. The van der Waals surface area contributed by atoms with E-state index in [1.54, 1.807) is 0 Å². The van der Waals surface area contributed by atoms with Crippen molar-refractivity contribution < 1.29 is 0 Å². The average Bonchev–Trinajstić information content (AvgIpc) is 4.00. The molecule has 2 aliphatic rings. The van der Waals surface area contributed by atoms with Crippen LogP contribution in [0.3, 0.4) is 0 Å². The lowest BCUT2D eigenvalue weighted by Crippen LogP contribution is -2.04. The van der Waals surface area contributed by atoms with E-state index in [-0.39, 0.29) is 0 Å². The Morgan fingerprint density at radius 1 is 0.235 bits per heavy atom. The predicted octanol–water partition coefficient (Wildman–Crippen LogP) is 14.7. The largest absolute Gasteiger partial charge is 0.248 e. The molecule has 10 aromatic carbocycles. The van der Waals surface area contributed by atoms with Gasteiger partial charge < -0.3 is 0 Å². The quantitative estimate of drug-likeness (QED) is 0.153. The molecular weight excluding hydrogens is 827 g/mol. The molecule has 1 aromatic heterocycles. The Hall–Kier alpha value is -9.19. The van der Waals surface area contributed by atoms with Gasteiger partial charge in [0.05, 0.1) is 22.1 Å². The molecule has 0 fully saturated rings. The van der Waals surface area contributed by atoms with Crippen LogP contribution in [0.5, 0.6) is 0 Å². The SMILES string of the molecule is c1ccc(-c2ccccc2-c2ccc3c(c2-c2ccccc2-c2nnnc(-c4ccccc4-c4ccccc4)c2-c2ccccc2-c2ccccc2)-c2c4c(ccc2=N3)=c2ccccc2=N4)cc1. The number of benzene rings is 10. The number of fused-ring (bicyclic) bond motifs is 6. The van der Waals surface area contributed by atoms with E-state index >= 15 is 0 Å². The summed E-state index contributed by atoms with van der Waals surface area (Å²) in [6.45, 7) is 0. The van der Waals surface area contributed by atoms with Crippen LogP contribution in [0.4, 0.5) is 11.4 Å². The van der Waals surface area contributed by atoms with Gasteiger partial charge in [-0.1, -0.05) is 212 Å². The molecule has 0 spiro atoms. The van der Waals surface area contributed by atoms with Gasteiger partial charge in [-0.05, 0) is 85.1 Å². The highest BCUT2D eigenvalue weighted by Crippen LogP contribution is 2.53. The molecule has 0 radical (unpaired) electrons. The summed E-state index contributed by atoms with van der Waals surface area (Å²) >= 11 is 0. The van der Waals surface area contributed by atoms with Crippen molar-refractivity contribution in [3.05, 3.63) is 258 Å². The summed E-state index contributed by atoms with van der Waals surface area (Å²) in [6.07, 6.45) is 0. The minimum atomic E-state index is 0.724. The van der Waals surface area contributed by atoms with E-state index in [0.717, 1.165) is 133 Å². The minimum absolute atomic E-state index is 0.724. The molecule has 2 aliphatic heterocycles. The Bertz CT molecular complexity index is 4020. The van der Waals surface area contributed by atoms with Crippen LogP contribution < -0.4 is 10.7 Å². The fourth-order valence-corrected chi connectivity index (χ4v) is 10.3. The standard InChI is InChI=1S/C63H39N5/c1-4-20-40(21-5-1)43-26-10-13-29-46(43)50-36-38-55-59(60-56(64-55)39-37-53-47-30-18-19-35-54(47)65-61(53)60)57(50)49-32-15-17-34-52(49)63-58(48-31-14-11-27-44(48)41-22-6-2-7-23-41)62(66-68-67-63)51-33-16-12-28-45(51)42-24-8-3-9-25-42/h1-39H. The molecule has 5 heteroatoms. The van der Waals surface area contributed by atoms with Crippen LogP contribution in [0.15, 0.2) is 247 Å². The second-order valence-electron chi connectivity index (χ2n) is 17.1. The zero-order valence-corrected chi connectivity index (χ0v) is 36.8. The third-order valence-corrected chi connectivity index (χ3v) is 13.3. The van der Waals surface area contributed by atoms with Crippen LogP contribution in [0.1, 0.15) is 0 Å². The smallest absolute Gasteiger partial charge is 0.105 e. The number of aromatic nitrogens is 3. The highest BCUT2D eigenvalue weighted by molar-refractivity contribution is 6.09. The molecule has 0 atom stereocenters. The Balaban J connectivity index is 1.15. The van der Waals surface area contributed by atoms with Crippen molar-refractivity contribution in [3.63, 3.8) is 0 Å². The first-order valence-electron chi connectivity index (χ1n) is 22.9. The maximum atomic E-state index is 5.36. The Kier molecular flexibility index (Phi) is 9.43. The average molecular weight is 866 g/mol. The van der Waals surface area contributed by atoms with Crippen molar-refractivity contribution >= 4 is 11.4 Å². The summed E-state index contributed by atoms with van der Waals surface area (Å²) in [7, 11) is 0. The first-order valence-corrected chi connectivity index (χ1v) is 22.9. The van der Waals surface area contributed by atoms with Gasteiger partial charge in [0.15, 0.2) is 0 Å². The highest BCUT2D eigenvalue weighted by Gasteiger charge is 2.30. The third kappa shape index (κ3) is 6.44. The molecule has 0 saturated heterocycles. The zero-order chi connectivity index (χ0) is 45.0. The van der Waals surface area contributed by atoms with Crippen LogP contribution in [-0.4, -0.2) is 15.4 Å². The summed E-state index contributed by atoms with van der Waals surface area (Å²) in [5, 5.41) is 18.9. The lowest BCUT2D eigenvalue weighted by molar-refractivity contribution is 0.879. The molecule has 11 aromatic rings. The number of nitrogens with zero attached hydrogens (tertiary/aromatic N) is 5. The summed E-state index contributed by atoms with van der Waals surface area (Å²) in [4.78, 5) is 10.7. The minimum Gasteiger partial charge on any atom is -0.248 e. The summed E-state index contributed by atoms with van der Waals surface area (Å²) in [5.41, 5.74) is 20.0. The molecule has 0 amide bonds. The maximum Gasteiger partial charge on any atom is 0.105 e. The molecule has 0 N–H and O–H groups in total. The first-order chi connectivity index (χ1) is 33.8. The van der Waals surface area contributed by atoms with Crippen molar-refractivity contribution in [1.82, 2.24) is 15.4 Å². The van der Waals surface area contributed by atoms with Crippen LogP contribution in [-0.2, 0) is 0 Å². The van der Waals surface area contributed by atoms with Gasteiger partial charge in [-0.15, -0.1) is 10.2 Å². The van der Waals surface area contributed by atoms with Crippen molar-refractivity contribution in [2.75, 3.05) is 0 Å². The predicted molar refractivity (Wildman–Crippen MR) is 274 cm³/mol. The molecule has 3 heterocycles. The molecule has 316 valence electrons. The molecule has 0 bridgehead atoms. The Labute approximate surface area is 393 Å². The lowest BCUT2D eigenvalue weighted by atomic mass is 9.81. The molecule has 5 nitrogen and oxygen atoms in total. The number of hydrogen-bond acceptors (Lipinski definition) is 5. The number of rotatable bonds is 8. The van der Waals surface area contributed by atoms with E-state index in [0.29, 0.717) is 0 Å². The van der Waals surface area contributed by atoms with E-state index in [1.165, 1.54) is 0 Å². The van der Waals surface area contributed by atoms with E-state index in [9.17, 15) is 0 Å². The number of hydrogen-bond donors (Lipinski definition) is 0. The monoisotopic (exact) mass is 865 g/mol. The third-order valence-electron chi connectivity index (χ3n) is 13.3. The van der Waals surface area contributed by atoms with Gasteiger partial charge in [0, 0.05) is 43.8 Å². The topological polar surface area (TPSA) is 63.4 Å². The van der Waals surface area contributed by atoms with Crippen molar-refractivity contribution in [1.29, 1.82) is 0 Å². The van der Waals surface area contributed by atoms with Crippen LogP contribution in [0, 0.1) is 10.4 Å². The van der Waals surface area contributed by atoms with E-state index in [4.69, 9.17) is 20.2 Å². The molecular formula is C63H39N5. The van der Waals surface area contributed by atoms with E-state index in [2.05, 4.69) is 242 Å². The van der Waals surface area contributed by atoms with Gasteiger partial charge in [0.2, 0.25) is 0 Å².